The van der Waals surface area contributed by atoms with Gasteiger partial charge in [0.2, 0.25) is 0 Å². The van der Waals surface area contributed by atoms with E-state index in [-0.39, 0.29) is 0 Å². The molecule has 2 N–H and O–H groups in total. The predicted molar refractivity (Wildman–Crippen MR) is 101 cm³/mol. The van der Waals surface area contributed by atoms with E-state index in [1.165, 1.54) is 5.56 Å². The van der Waals surface area contributed by atoms with Crippen LogP contribution in [0.4, 0.5) is 16.3 Å². The van der Waals surface area contributed by atoms with Gasteiger partial charge in [-0.05, 0) is 75.1 Å². The summed E-state index contributed by atoms with van der Waals surface area (Å²) in [4.78, 5) is 16.2. The van der Waals surface area contributed by atoms with Crippen molar-refractivity contribution in [2.24, 2.45) is 0 Å². The van der Waals surface area contributed by atoms with Gasteiger partial charge in [-0.25, -0.2) is 9.78 Å². The van der Waals surface area contributed by atoms with Crippen LogP contribution in [0.3, 0.4) is 0 Å². The van der Waals surface area contributed by atoms with E-state index in [1.54, 1.807) is 6.20 Å². The maximum absolute atomic E-state index is 11.9. The molecule has 0 aliphatic carbocycles. The van der Waals surface area contributed by atoms with Crippen molar-refractivity contribution in [2.75, 3.05) is 5.32 Å². The second-order valence-corrected chi connectivity index (χ2v) is 7.04. The number of nitrogens with zero attached hydrogens (tertiary/aromatic N) is 1. The summed E-state index contributed by atoms with van der Waals surface area (Å²) in [6, 6.07) is 10.1. The number of ether oxygens (including phenoxy) is 1. The summed E-state index contributed by atoms with van der Waals surface area (Å²) in [7, 11) is 0. The molecule has 0 spiro atoms. The SMILES string of the molecule is CCc1ccc(Nc2cc(C)ccn2)cc1CNC(=O)OC(C)(C)C. The number of carbonyl (C=O) groups excluding carboxylic acids is 1. The molecule has 0 saturated carbocycles. The van der Waals surface area contributed by atoms with Crippen LogP contribution in [0, 0.1) is 6.92 Å². The normalized spacial score (nSPS) is 11.1. The third-order valence-corrected chi connectivity index (χ3v) is 3.60. The van der Waals surface area contributed by atoms with Crippen LogP contribution in [-0.2, 0) is 17.7 Å². The highest BCUT2D eigenvalue weighted by Crippen LogP contribution is 2.20. The molecule has 1 amide bonds. The highest BCUT2D eigenvalue weighted by Gasteiger charge is 2.16. The standard InChI is InChI=1S/C20H27N3O2/c1-6-15-7-8-17(23-18-11-14(2)9-10-21-18)12-16(15)13-22-19(24)25-20(3,4)5/h7-12H,6,13H2,1-5H3,(H,21,23)(H,22,24). The fourth-order valence-electron chi connectivity index (χ4n) is 2.45. The minimum absolute atomic E-state index is 0.409. The monoisotopic (exact) mass is 341 g/mol. The van der Waals surface area contributed by atoms with Crippen molar-refractivity contribution in [3.8, 4) is 0 Å². The lowest BCUT2D eigenvalue weighted by Crippen LogP contribution is -2.32. The third-order valence-electron chi connectivity index (χ3n) is 3.60. The average molecular weight is 341 g/mol. The summed E-state index contributed by atoms with van der Waals surface area (Å²) in [5, 5.41) is 6.13. The topological polar surface area (TPSA) is 63.2 Å². The predicted octanol–water partition coefficient (Wildman–Crippen LogP) is 4.72. The van der Waals surface area contributed by atoms with E-state index in [2.05, 4.69) is 28.6 Å². The maximum atomic E-state index is 11.9. The van der Waals surface area contributed by atoms with E-state index in [4.69, 9.17) is 4.74 Å². The van der Waals surface area contributed by atoms with Crippen molar-refractivity contribution in [3.05, 3.63) is 53.2 Å². The molecule has 0 bridgehead atoms. The number of aryl methyl sites for hydroxylation is 2. The fraction of sp³-hybridized carbons (Fsp3) is 0.400. The van der Waals surface area contributed by atoms with Gasteiger partial charge in [0.1, 0.15) is 11.4 Å². The van der Waals surface area contributed by atoms with Gasteiger partial charge in [0, 0.05) is 18.4 Å². The van der Waals surface area contributed by atoms with E-state index in [9.17, 15) is 4.79 Å². The van der Waals surface area contributed by atoms with Crippen LogP contribution in [0.1, 0.15) is 44.4 Å². The fourth-order valence-corrected chi connectivity index (χ4v) is 2.45. The number of amides is 1. The first kappa shape index (κ1) is 18.8. The van der Waals surface area contributed by atoms with Gasteiger partial charge in [0.05, 0.1) is 0 Å². The molecule has 0 fully saturated rings. The Hall–Kier alpha value is -2.56. The maximum Gasteiger partial charge on any atom is 0.407 e. The Morgan fingerprint density at radius 3 is 2.56 bits per heavy atom. The highest BCUT2D eigenvalue weighted by atomic mass is 16.6. The molecule has 2 aromatic rings. The van der Waals surface area contributed by atoms with Crippen molar-refractivity contribution in [1.29, 1.82) is 0 Å². The Balaban J connectivity index is 2.10. The number of benzene rings is 1. The van der Waals surface area contributed by atoms with Gasteiger partial charge in [0.15, 0.2) is 0 Å². The molecule has 2 rings (SSSR count). The first-order valence-corrected chi connectivity index (χ1v) is 8.55. The van der Waals surface area contributed by atoms with Gasteiger partial charge in [-0.15, -0.1) is 0 Å². The molecular weight excluding hydrogens is 314 g/mol. The lowest BCUT2D eigenvalue weighted by atomic mass is 10.0. The van der Waals surface area contributed by atoms with Crippen LogP contribution in [-0.4, -0.2) is 16.7 Å². The average Bonchev–Trinajstić information content (AvgIpc) is 2.51. The van der Waals surface area contributed by atoms with E-state index in [0.717, 1.165) is 29.1 Å². The Morgan fingerprint density at radius 2 is 1.92 bits per heavy atom. The zero-order chi connectivity index (χ0) is 18.4. The van der Waals surface area contributed by atoms with Crippen molar-refractivity contribution in [3.63, 3.8) is 0 Å². The summed E-state index contributed by atoms with van der Waals surface area (Å²) in [5.41, 5.74) is 3.84. The van der Waals surface area contributed by atoms with Gasteiger partial charge in [-0.1, -0.05) is 13.0 Å². The van der Waals surface area contributed by atoms with Gasteiger partial charge < -0.3 is 15.4 Å². The minimum atomic E-state index is -0.502. The number of pyridine rings is 1. The van der Waals surface area contributed by atoms with Crippen LogP contribution in [0.15, 0.2) is 36.5 Å². The molecule has 1 aromatic carbocycles. The third kappa shape index (κ3) is 6.10. The molecule has 25 heavy (non-hydrogen) atoms. The highest BCUT2D eigenvalue weighted by molar-refractivity contribution is 5.68. The minimum Gasteiger partial charge on any atom is -0.444 e. The number of carbonyl (C=O) groups is 1. The van der Waals surface area contributed by atoms with Crippen molar-refractivity contribution >= 4 is 17.6 Å². The van der Waals surface area contributed by atoms with Crippen LogP contribution < -0.4 is 10.6 Å². The molecule has 5 heteroatoms. The number of nitrogens with one attached hydrogen (secondary N) is 2. The van der Waals surface area contributed by atoms with Crippen molar-refractivity contribution < 1.29 is 9.53 Å². The Morgan fingerprint density at radius 1 is 1.16 bits per heavy atom. The number of aromatic nitrogens is 1. The number of hydrogen-bond acceptors (Lipinski definition) is 4. The second-order valence-electron chi connectivity index (χ2n) is 7.04. The Kier molecular flexibility index (Phi) is 6.02. The lowest BCUT2D eigenvalue weighted by molar-refractivity contribution is 0.0523. The van der Waals surface area contributed by atoms with Crippen LogP contribution >= 0.6 is 0 Å². The van der Waals surface area contributed by atoms with E-state index >= 15 is 0 Å². The molecular formula is C20H27N3O2. The summed E-state index contributed by atoms with van der Waals surface area (Å²) >= 11 is 0. The zero-order valence-electron chi connectivity index (χ0n) is 15.6. The molecule has 1 heterocycles. The molecule has 134 valence electrons. The summed E-state index contributed by atoms with van der Waals surface area (Å²) < 4.78 is 5.30. The number of alkyl carbamates (subject to hydrolysis) is 1. The second kappa shape index (κ2) is 8.01. The van der Waals surface area contributed by atoms with Crippen LogP contribution in [0.5, 0.6) is 0 Å². The summed E-state index contributed by atoms with van der Waals surface area (Å²) in [6.07, 6.45) is 2.27. The smallest absolute Gasteiger partial charge is 0.407 e. The summed E-state index contributed by atoms with van der Waals surface area (Å²) in [5.74, 6) is 0.801. The number of anilines is 2. The quantitative estimate of drug-likeness (QED) is 0.826. The van der Waals surface area contributed by atoms with Crippen LogP contribution in [0.2, 0.25) is 0 Å². The zero-order valence-corrected chi connectivity index (χ0v) is 15.6. The van der Waals surface area contributed by atoms with Gasteiger partial charge >= 0.3 is 6.09 Å². The van der Waals surface area contributed by atoms with E-state index < -0.39 is 11.7 Å². The van der Waals surface area contributed by atoms with Crippen LogP contribution in [0.25, 0.3) is 0 Å². The van der Waals surface area contributed by atoms with Crippen molar-refractivity contribution in [2.45, 2.75) is 53.2 Å². The molecule has 0 aliphatic rings. The molecule has 0 aliphatic heterocycles. The Bertz CT molecular complexity index is 736. The van der Waals surface area contributed by atoms with Gasteiger partial charge in [-0.3, -0.25) is 0 Å². The molecule has 1 aromatic heterocycles. The lowest BCUT2D eigenvalue weighted by Gasteiger charge is -2.20. The number of hydrogen-bond donors (Lipinski definition) is 2. The van der Waals surface area contributed by atoms with Gasteiger partial charge in [-0.2, -0.15) is 0 Å². The first-order valence-electron chi connectivity index (χ1n) is 8.55. The van der Waals surface area contributed by atoms with Gasteiger partial charge in [0.25, 0.3) is 0 Å². The molecule has 0 radical (unpaired) electrons. The first-order chi connectivity index (χ1) is 11.8. The largest absolute Gasteiger partial charge is 0.444 e. The number of rotatable bonds is 5. The molecule has 0 unspecified atom stereocenters. The van der Waals surface area contributed by atoms with Crippen molar-refractivity contribution in [1.82, 2.24) is 10.3 Å². The molecule has 0 atom stereocenters. The summed E-state index contributed by atoms with van der Waals surface area (Å²) in [6.45, 7) is 10.1. The molecule has 5 nitrogen and oxygen atoms in total. The Labute approximate surface area is 149 Å². The van der Waals surface area contributed by atoms with E-state index in [0.29, 0.717) is 6.54 Å². The van der Waals surface area contributed by atoms with E-state index in [1.807, 2.05) is 52.0 Å². The molecule has 0 saturated heterocycles.